The van der Waals surface area contributed by atoms with Gasteiger partial charge in [-0.1, -0.05) is 6.07 Å². The van der Waals surface area contributed by atoms with Crippen LogP contribution in [0.25, 0.3) is 10.9 Å². The molecule has 0 N–H and O–H groups in total. The molecule has 0 aliphatic heterocycles. The summed E-state index contributed by atoms with van der Waals surface area (Å²) in [6.07, 6.45) is 2.94. The second-order valence-electron chi connectivity index (χ2n) is 6.11. The Hall–Kier alpha value is -2.02. The van der Waals surface area contributed by atoms with Crippen LogP contribution in [-0.4, -0.2) is 41.7 Å². The molecule has 3 aromatic rings. The van der Waals surface area contributed by atoms with Crippen molar-refractivity contribution in [3.63, 3.8) is 0 Å². The summed E-state index contributed by atoms with van der Waals surface area (Å²) in [5.74, 6) is 0.890. The molecule has 2 aromatic heterocycles. The first-order valence-electron chi connectivity index (χ1n) is 8.89. The molecule has 1 aromatic carbocycles. The van der Waals surface area contributed by atoms with Gasteiger partial charge in [0, 0.05) is 49.8 Å². The monoisotopic (exact) mass is 371 g/mol. The lowest BCUT2D eigenvalue weighted by atomic mass is 10.2. The van der Waals surface area contributed by atoms with Gasteiger partial charge >= 0.3 is 0 Å². The zero-order chi connectivity index (χ0) is 18.2. The zero-order valence-corrected chi connectivity index (χ0v) is 16.2. The number of thiazole rings is 1. The summed E-state index contributed by atoms with van der Waals surface area (Å²) in [6, 6.07) is 10.3. The minimum atomic E-state index is 0.672. The topological polar surface area (TPSA) is 47.5 Å². The van der Waals surface area contributed by atoms with E-state index in [1.165, 1.54) is 4.88 Å². The van der Waals surface area contributed by atoms with E-state index in [0.717, 1.165) is 55.0 Å². The smallest absolute Gasteiger partial charge is 0.120 e. The summed E-state index contributed by atoms with van der Waals surface area (Å²) in [5.41, 5.74) is 3.96. The number of nitrogens with zero attached hydrogens (tertiary/aromatic N) is 3. The lowest BCUT2D eigenvalue weighted by Gasteiger charge is -2.21. The van der Waals surface area contributed by atoms with E-state index in [0.29, 0.717) is 6.61 Å². The summed E-state index contributed by atoms with van der Waals surface area (Å²) in [7, 11) is 1.74. The molecule has 0 aliphatic carbocycles. The minimum absolute atomic E-state index is 0.672. The maximum Gasteiger partial charge on any atom is 0.120 e. The zero-order valence-electron chi connectivity index (χ0n) is 15.4. The van der Waals surface area contributed by atoms with Gasteiger partial charge in [-0.15, -0.1) is 11.3 Å². The highest BCUT2D eigenvalue weighted by Crippen LogP contribution is 2.21. The molecule has 6 heteroatoms. The third-order valence-electron chi connectivity index (χ3n) is 4.10. The highest BCUT2D eigenvalue weighted by Gasteiger charge is 2.10. The van der Waals surface area contributed by atoms with E-state index in [4.69, 9.17) is 14.5 Å². The molecule has 0 fully saturated rings. The SMILES string of the molecule is CCOc1ccc2nc(CN(CCCOC)Cc3cncs3)ccc2c1. The number of fused-ring (bicyclic) bond motifs is 1. The van der Waals surface area contributed by atoms with Crippen molar-refractivity contribution in [2.45, 2.75) is 26.4 Å². The van der Waals surface area contributed by atoms with Crippen LogP contribution in [0.1, 0.15) is 23.9 Å². The molecule has 5 nitrogen and oxygen atoms in total. The molecule has 2 heterocycles. The van der Waals surface area contributed by atoms with Gasteiger partial charge in [-0.25, -0.2) is 0 Å². The molecular weight excluding hydrogens is 346 g/mol. The van der Waals surface area contributed by atoms with Crippen molar-refractivity contribution in [2.24, 2.45) is 0 Å². The Kier molecular flexibility index (Phi) is 6.94. The first kappa shape index (κ1) is 18.8. The summed E-state index contributed by atoms with van der Waals surface area (Å²) in [5, 5.41) is 1.10. The highest BCUT2D eigenvalue weighted by molar-refractivity contribution is 7.09. The van der Waals surface area contributed by atoms with Crippen molar-refractivity contribution in [1.82, 2.24) is 14.9 Å². The first-order valence-corrected chi connectivity index (χ1v) is 9.77. The van der Waals surface area contributed by atoms with Crippen molar-refractivity contribution in [1.29, 1.82) is 0 Å². The first-order chi connectivity index (χ1) is 12.8. The van der Waals surface area contributed by atoms with Crippen LogP contribution in [0.15, 0.2) is 42.0 Å². The van der Waals surface area contributed by atoms with E-state index in [1.807, 2.05) is 36.8 Å². The lowest BCUT2D eigenvalue weighted by Crippen LogP contribution is -2.25. The Morgan fingerprint density at radius 3 is 2.85 bits per heavy atom. The molecule has 3 rings (SSSR count). The molecule has 0 saturated carbocycles. The van der Waals surface area contributed by atoms with Gasteiger partial charge in [0.05, 0.1) is 23.3 Å². The van der Waals surface area contributed by atoms with Crippen molar-refractivity contribution in [3.8, 4) is 5.75 Å². The molecule has 0 saturated heterocycles. The number of aromatic nitrogens is 2. The average molecular weight is 372 g/mol. The van der Waals surface area contributed by atoms with Crippen molar-refractivity contribution >= 4 is 22.2 Å². The van der Waals surface area contributed by atoms with Gasteiger partial charge in [0.2, 0.25) is 0 Å². The predicted octanol–water partition coefficient (Wildman–Crippen LogP) is 4.13. The minimum Gasteiger partial charge on any atom is -0.494 e. The third-order valence-corrected chi connectivity index (χ3v) is 4.87. The quantitative estimate of drug-likeness (QED) is 0.502. The van der Waals surface area contributed by atoms with Crippen molar-refractivity contribution in [2.75, 3.05) is 26.9 Å². The summed E-state index contributed by atoms with van der Waals surface area (Å²) in [4.78, 5) is 12.7. The van der Waals surface area contributed by atoms with E-state index in [1.54, 1.807) is 18.4 Å². The molecule has 138 valence electrons. The van der Waals surface area contributed by atoms with Crippen LogP contribution in [0.3, 0.4) is 0 Å². The fraction of sp³-hybridized carbons (Fsp3) is 0.400. The van der Waals surface area contributed by atoms with Crippen LogP contribution < -0.4 is 4.74 Å². The van der Waals surface area contributed by atoms with Crippen LogP contribution >= 0.6 is 11.3 Å². The Morgan fingerprint density at radius 2 is 2.08 bits per heavy atom. The number of pyridine rings is 1. The Balaban J connectivity index is 1.72. The third kappa shape index (κ3) is 5.24. The molecule has 0 radical (unpaired) electrons. The highest BCUT2D eigenvalue weighted by atomic mass is 32.1. The number of methoxy groups -OCH3 is 1. The summed E-state index contributed by atoms with van der Waals surface area (Å²) < 4.78 is 10.8. The van der Waals surface area contributed by atoms with Gasteiger partial charge in [-0.2, -0.15) is 0 Å². The maximum absolute atomic E-state index is 5.57. The maximum atomic E-state index is 5.57. The Bertz CT molecular complexity index is 808. The largest absolute Gasteiger partial charge is 0.494 e. The fourth-order valence-electron chi connectivity index (χ4n) is 2.91. The molecule has 0 atom stereocenters. The normalized spacial score (nSPS) is 11.3. The van der Waals surface area contributed by atoms with E-state index in [-0.39, 0.29) is 0 Å². The lowest BCUT2D eigenvalue weighted by molar-refractivity contribution is 0.166. The summed E-state index contributed by atoms with van der Waals surface area (Å²) >= 11 is 1.69. The van der Waals surface area contributed by atoms with Gasteiger partial charge in [0.1, 0.15) is 5.75 Å². The molecule has 0 unspecified atom stereocenters. The van der Waals surface area contributed by atoms with Crippen molar-refractivity contribution in [3.05, 3.63) is 52.6 Å². The fourth-order valence-corrected chi connectivity index (χ4v) is 3.54. The predicted molar refractivity (Wildman–Crippen MR) is 106 cm³/mol. The van der Waals surface area contributed by atoms with Gasteiger partial charge in [-0.3, -0.25) is 14.9 Å². The summed E-state index contributed by atoms with van der Waals surface area (Å²) in [6.45, 7) is 6.10. The van der Waals surface area contributed by atoms with Gasteiger partial charge < -0.3 is 9.47 Å². The molecule has 0 spiro atoms. The number of benzene rings is 1. The van der Waals surface area contributed by atoms with Crippen LogP contribution in [0.5, 0.6) is 5.75 Å². The molecule has 0 aliphatic rings. The molecule has 26 heavy (non-hydrogen) atoms. The van der Waals surface area contributed by atoms with Crippen LogP contribution in [0, 0.1) is 0 Å². The number of rotatable bonds is 10. The van der Waals surface area contributed by atoms with Crippen LogP contribution in [0.2, 0.25) is 0 Å². The number of ether oxygens (including phenoxy) is 2. The van der Waals surface area contributed by atoms with E-state index < -0.39 is 0 Å². The van der Waals surface area contributed by atoms with E-state index in [9.17, 15) is 0 Å². The van der Waals surface area contributed by atoms with Crippen LogP contribution in [-0.2, 0) is 17.8 Å². The van der Waals surface area contributed by atoms with Crippen LogP contribution in [0.4, 0.5) is 0 Å². The van der Waals surface area contributed by atoms with Gasteiger partial charge in [0.25, 0.3) is 0 Å². The Labute approximate surface area is 158 Å². The van der Waals surface area contributed by atoms with Gasteiger partial charge in [-0.05, 0) is 37.6 Å². The molecular formula is C20H25N3O2S. The number of hydrogen-bond acceptors (Lipinski definition) is 6. The average Bonchev–Trinajstić information content (AvgIpc) is 3.15. The second kappa shape index (κ2) is 9.62. The van der Waals surface area contributed by atoms with Gasteiger partial charge in [0.15, 0.2) is 0 Å². The second-order valence-corrected chi connectivity index (χ2v) is 7.09. The molecule has 0 bridgehead atoms. The standard InChI is InChI=1S/C20H25N3O2S/c1-3-25-18-7-8-20-16(11-18)5-6-17(22-20)13-23(9-4-10-24-2)14-19-12-21-15-26-19/h5-8,11-12,15H,3-4,9-10,13-14H2,1-2H3. The Morgan fingerprint density at radius 1 is 1.15 bits per heavy atom. The van der Waals surface area contributed by atoms with E-state index >= 15 is 0 Å². The number of hydrogen-bond donors (Lipinski definition) is 0. The van der Waals surface area contributed by atoms with Crippen molar-refractivity contribution < 1.29 is 9.47 Å². The molecule has 0 amide bonds. The van der Waals surface area contributed by atoms with E-state index in [2.05, 4.69) is 22.0 Å².